The highest BCUT2D eigenvalue weighted by Crippen LogP contribution is 2.25. The molecule has 1 rings (SSSR count). The molecule has 0 amide bonds. The van der Waals surface area contributed by atoms with Gasteiger partial charge in [0.15, 0.2) is 12.1 Å². The first-order chi connectivity index (χ1) is 5.33. The predicted molar refractivity (Wildman–Crippen MR) is 42.3 cm³/mol. The maximum Gasteiger partial charge on any atom is 0.195 e. The molecule has 1 saturated carbocycles. The fraction of sp³-hybridized carbons (Fsp3) is 0.778. The minimum absolute atomic E-state index is 0.225. The molecule has 0 aromatic heterocycles. The van der Waals surface area contributed by atoms with Crippen molar-refractivity contribution in [3.8, 4) is 0 Å². The molecular weight excluding hydrogens is 140 g/mol. The Morgan fingerprint density at radius 1 is 1.27 bits per heavy atom. The van der Waals surface area contributed by atoms with Gasteiger partial charge < -0.3 is 0 Å². The van der Waals surface area contributed by atoms with Crippen LogP contribution in [0.15, 0.2) is 0 Å². The lowest BCUT2D eigenvalue weighted by molar-refractivity contribution is -0.130. The van der Waals surface area contributed by atoms with E-state index in [-0.39, 0.29) is 5.78 Å². The van der Waals surface area contributed by atoms with Crippen molar-refractivity contribution in [3.05, 3.63) is 0 Å². The average Bonchev–Trinajstić information content (AvgIpc) is 2.06. The summed E-state index contributed by atoms with van der Waals surface area (Å²) >= 11 is 0. The Hall–Kier alpha value is -0.660. The van der Waals surface area contributed by atoms with Crippen molar-refractivity contribution in [2.45, 2.75) is 38.5 Å². The lowest BCUT2D eigenvalue weighted by Gasteiger charge is -2.19. The first kappa shape index (κ1) is 8.44. The second-order valence-electron chi connectivity index (χ2n) is 3.29. The van der Waals surface area contributed by atoms with Gasteiger partial charge in [-0.25, -0.2) is 0 Å². The fourth-order valence-electron chi connectivity index (χ4n) is 1.72. The van der Waals surface area contributed by atoms with Crippen molar-refractivity contribution in [3.63, 3.8) is 0 Å². The zero-order valence-electron chi connectivity index (χ0n) is 6.71. The van der Waals surface area contributed by atoms with Crippen molar-refractivity contribution in [1.29, 1.82) is 0 Å². The van der Waals surface area contributed by atoms with Gasteiger partial charge in [0.2, 0.25) is 0 Å². The molecule has 11 heavy (non-hydrogen) atoms. The van der Waals surface area contributed by atoms with Gasteiger partial charge in [0, 0.05) is 6.42 Å². The molecule has 1 aliphatic rings. The number of rotatable bonds is 3. The Bertz CT molecular complexity index is 146. The third kappa shape index (κ3) is 2.83. The summed E-state index contributed by atoms with van der Waals surface area (Å²) in [6.07, 6.45) is 6.98. The molecule has 0 heterocycles. The molecule has 1 fully saturated rings. The molecule has 2 nitrogen and oxygen atoms in total. The number of carbonyl (C=O) groups excluding carboxylic acids is 2. The van der Waals surface area contributed by atoms with Gasteiger partial charge in [0.25, 0.3) is 0 Å². The second kappa shape index (κ2) is 4.27. The van der Waals surface area contributed by atoms with E-state index >= 15 is 0 Å². The minimum atomic E-state index is -0.225. The van der Waals surface area contributed by atoms with Crippen LogP contribution in [-0.4, -0.2) is 12.1 Å². The van der Waals surface area contributed by atoms with Gasteiger partial charge in [-0.3, -0.25) is 9.59 Å². The molecule has 0 N–H and O–H groups in total. The average molecular weight is 154 g/mol. The molecule has 0 atom stereocenters. The normalized spacial score (nSPS) is 19.6. The monoisotopic (exact) mass is 154 g/mol. The molecule has 2 heteroatoms. The van der Waals surface area contributed by atoms with E-state index in [4.69, 9.17) is 0 Å². The zero-order valence-corrected chi connectivity index (χ0v) is 6.71. The van der Waals surface area contributed by atoms with Crippen molar-refractivity contribution in [2.24, 2.45) is 5.92 Å². The molecule has 1 aliphatic carbocycles. The molecule has 0 spiro atoms. The van der Waals surface area contributed by atoms with Gasteiger partial charge in [-0.15, -0.1) is 0 Å². The van der Waals surface area contributed by atoms with Gasteiger partial charge in [-0.1, -0.05) is 32.1 Å². The van der Waals surface area contributed by atoms with Gasteiger partial charge in [-0.2, -0.15) is 0 Å². The van der Waals surface area contributed by atoms with Gasteiger partial charge in [-0.05, 0) is 5.92 Å². The van der Waals surface area contributed by atoms with Crippen LogP contribution in [0.25, 0.3) is 0 Å². The molecule has 0 saturated heterocycles. The Morgan fingerprint density at radius 2 is 1.91 bits per heavy atom. The number of ketones is 1. The minimum Gasteiger partial charge on any atom is -0.295 e. The standard InChI is InChI=1S/C9H14O2/c10-7-9(11)6-8-4-2-1-3-5-8/h7-8H,1-6H2. The van der Waals surface area contributed by atoms with Crippen LogP contribution in [0.2, 0.25) is 0 Å². The maximum absolute atomic E-state index is 10.7. The highest BCUT2D eigenvalue weighted by molar-refractivity contribution is 6.24. The fourth-order valence-corrected chi connectivity index (χ4v) is 1.72. The van der Waals surface area contributed by atoms with Crippen molar-refractivity contribution < 1.29 is 9.59 Å². The number of aldehydes is 1. The van der Waals surface area contributed by atoms with Crippen molar-refractivity contribution in [2.75, 3.05) is 0 Å². The van der Waals surface area contributed by atoms with Crippen molar-refractivity contribution in [1.82, 2.24) is 0 Å². The van der Waals surface area contributed by atoms with Crippen LogP contribution < -0.4 is 0 Å². The van der Waals surface area contributed by atoms with E-state index < -0.39 is 0 Å². The Labute approximate surface area is 67.0 Å². The van der Waals surface area contributed by atoms with E-state index in [1.54, 1.807) is 0 Å². The largest absolute Gasteiger partial charge is 0.295 e. The molecule has 0 aliphatic heterocycles. The van der Waals surface area contributed by atoms with Gasteiger partial charge in [0.1, 0.15) is 0 Å². The molecule has 0 aromatic rings. The SMILES string of the molecule is O=CC(=O)CC1CCCCC1. The number of hydrogen-bond acceptors (Lipinski definition) is 2. The van der Waals surface area contributed by atoms with Crippen LogP contribution in [0.1, 0.15) is 38.5 Å². The summed E-state index contributed by atoms with van der Waals surface area (Å²) in [5.74, 6) is 0.276. The van der Waals surface area contributed by atoms with Crippen LogP contribution in [0.4, 0.5) is 0 Å². The van der Waals surface area contributed by atoms with Crippen LogP contribution in [0, 0.1) is 5.92 Å². The highest BCUT2D eigenvalue weighted by Gasteiger charge is 2.15. The number of hydrogen-bond donors (Lipinski definition) is 0. The summed E-state index contributed by atoms with van der Waals surface area (Å²) in [5.41, 5.74) is 0. The number of Topliss-reactive ketones (excluding diaryl/α,β-unsaturated/α-hetero) is 1. The third-order valence-electron chi connectivity index (χ3n) is 2.35. The van der Waals surface area contributed by atoms with E-state index in [0.717, 1.165) is 12.8 Å². The third-order valence-corrected chi connectivity index (χ3v) is 2.35. The van der Waals surface area contributed by atoms with E-state index in [1.807, 2.05) is 0 Å². The molecule has 62 valence electrons. The predicted octanol–water partition coefficient (Wildman–Crippen LogP) is 1.72. The van der Waals surface area contributed by atoms with E-state index in [9.17, 15) is 9.59 Å². The Balaban J connectivity index is 2.24. The smallest absolute Gasteiger partial charge is 0.195 e. The van der Waals surface area contributed by atoms with Crippen LogP contribution in [0.5, 0.6) is 0 Å². The summed E-state index contributed by atoms with van der Waals surface area (Å²) in [7, 11) is 0. The van der Waals surface area contributed by atoms with E-state index in [0.29, 0.717) is 18.6 Å². The lowest BCUT2D eigenvalue weighted by Crippen LogP contribution is -2.12. The van der Waals surface area contributed by atoms with Gasteiger partial charge >= 0.3 is 0 Å². The molecule has 0 unspecified atom stereocenters. The molecular formula is C9H14O2. The molecule has 0 bridgehead atoms. The summed E-state index contributed by atoms with van der Waals surface area (Å²) in [4.78, 5) is 20.7. The number of carbonyl (C=O) groups is 2. The van der Waals surface area contributed by atoms with Crippen molar-refractivity contribution >= 4 is 12.1 Å². The highest BCUT2D eigenvalue weighted by atomic mass is 16.2. The molecule has 0 aromatic carbocycles. The van der Waals surface area contributed by atoms with Crippen LogP contribution in [-0.2, 0) is 9.59 Å². The summed E-state index contributed by atoms with van der Waals surface area (Å²) in [5, 5.41) is 0. The first-order valence-electron chi connectivity index (χ1n) is 4.31. The Morgan fingerprint density at radius 3 is 2.45 bits per heavy atom. The topological polar surface area (TPSA) is 34.1 Å². The van der Waals surface area contributed by atoms with E-state index in [2.05, 4.69) is 0 Å². The van der Waals surface area contributed by atoms with Crippen LogP contribution in [0.3, 0.4) is 0 Å². The van der Waals surface area contributed by atoms with Gasteiger partial charge in [0.05, 0.1) is 0 Å². The molecule has 0 radical (unpaired) electrons. The van der Waals surface area contributed by atoms with Crippen LogP contribution >= 0.6 is 0 Å². The first-order valence-corrected chi connectivity index (χ1v) is 4.31. The lowest BCUT2D eigenvalue weighted by atomic mass is 9.86. The zero-order chi connectivity index (χ0) is 8.10. The summed E-state index contributed by atoms with van der Waals surface area (Å²) in [6.45, 7) is 0. The van der Waals surface area contributed by atoms with E-state index in [1.165, 1.54) is 19.3 Å². The quantitative estimate of drug-likeness (QED) is 0.458. The summed E-state index contributed by atoms with van der Waals surface area (Å²) in [6, 6.07) is 0. The summed E-state index contributed by atoms with van der Waals surface area (Å²) < 4.78 is 0. The maximum atomic E-state index is 10.7. The second-order valence-corrected chi connectivity index (χ2v) is 3.29. The Kier molecular flexibility index (Phi) is 3.27.